The summed E-state index contributed by atoms with van der Waals surface area (Å²) in [6, 6.07) is 6.51. The van der Waals surface area contributed by atoms with Crippen LogP contribution in [0.15, 0.2) is 29.3 Å². The second-order valence-corrected chi connectivity index (χ2v) is 5.99. The molecule has 1 saturated heterocycles. The van der Waals surface area contributed by atoms with E-state index in [9.17, 15) is 13.6 Å². The van der Waals surface area contributed by atoms with Crippen LogP contribution < -0.4 is 15.4 Å². The highest BCUT2D eigenvalue weighted by atomic mass is 19.3. The van der Waals surface area contributed by atoms with Crippen molar-refractivity contribution in [1.29, 1.82) is 0 Å². The Morgan fingerprint density at radius 1 is 1.38 bits per heavy atom. The lowest BCUT2D eigenvalue weighted by atomic mass is 10.2. The Kier molecular flexibility index (Phi) is 8.11. The van der Waals surface area contributed by atoms with Crippen molar-refractivity contribution in [3.8, 4) is 5.75 Å². The van der Waals surface area contributed by atoms with Crippen molar-refractivity contribution in [2.45, 2.75) is 39.3 Å². The predicted octanol–water partition coefficient (Wildman–Crippen LogP) is 2.36. The monoisotopic (exact) mass is 368 g/mol. The van der Waals surface area contributed by atoms with Crippen LogP contribution in [0.3, 0.4) is 0 Å². The number of nitrogens with one attached hydrogen (secondary N) is 2. The number of amides is 1. The molecule has 0 saturated carbocycles. The minimum atomic E-state index is -2.84. The smallest absolute Gasteiger partial charge is 0.387 e. The van der Waals surface area contributed by atoms with Crippen LogP contribution in [0.25, 0.3) is 0 Å². The van der Waals surface area contributed by atoms with Gasteiger partial charge in [-0.1, -0.05) is 12.1 Å². The molecule has 26 heavy (non-hydrogen) atoms. The largest absolute Gasteiger partial charge is 0.435 e. The molecule has 1 aliphatic rings. The number of hydrogen-bond donors (Lipinski definition) is 2. The van der Waals surface area contributed by atoms with Crippen LogP contribution in [0.4, 0.5) is 8.78 Å². The molecule has 0 bridgehead atoms. The summed E-state index contributed by atoms with van der Waals surface area (Å²) < 4.78 is 29.0. The summed E-state index contributed by atoms with van der Waals surface area (Å²) in [7, 11) is 0. The summed E-state index contributed by atoms with van der Waals surface area (Å²) in [4.78, 5) is 17.9. The summed E-state index contributed by atoms with van der Waals surface area (Å²) >= 11 is 0. The van der Waals surface area contributed by atoms with Gasteiger partial charge in [0.15, 0.2) is 5.96 Å². The van der Waals surface area contributed by atoms with Crippen molar-refractivity contribution >= 4 is 11.9 Å². The number of alkyl halides is 2. The van der Waals surface area contributed by atoms with Gasteiger partial charge in [0, 0.05) is 32.6 Å². The molecule has 0 atom stereocenters. The van der Waals surface area contributed by atoms with E-state index in [-0.39, 0.29) is 11.7 Å². The average molecular weight is 368 g/mol. The van der Waals surface area contributed by atoms with Gasteiger partial charge in [0.25, 0.3) is 0 Å². The maximum absolute atomic E-state index is 12.3. The molecule has 1 fully saturated rings. The molecule has 0 radical (unpaired) electrons. The van der Waals surface area contributed by atoms with Crippen LogP contribution >= 0.6 is 0 Å². The predicted molar refractivity (Wildman–Crippen MR) is 96.3 cm³/mol. The maximum Gasteiger partial charge on any atom is 0.387 e. The van der Waals surface area contributed by atoms with Gasteiger partial charge in [-0.3, -0.25) is 4.79 Å². The summed E-state index contributed by atoms with van der Waals surface area (Å²) in [6.07, 6.45) is 2.45. The third-order valence-corrected chi connectivity index (χ3v) is 3.96. The topological polar surface area (TPSA) is 66.0 Å². The number of halogens is 2. The first-order valence-corrected chi connectivity index (χ1v) is 8.92. The lowest BCUT2D eigenvalue weighted by Crippen LogP contribution is -2.39. The maximum atomic E-state index is 12.3. The lowest BCUT2D eigenvalue weighted by molar-refractivity contribution is -0.127. The summed E-state index contributed by atoms with van der Waals surface area (Å²) in [5.74, 6) is 1.01. The Labute approximate surface area is 152 Å². The minimum absolute atomic E-state index is 0.126. The molecular formula is C18H26F2N4O2. The van der Waals surface area contributed by atoms with Crippen LogP contribution in [0, 0.1) is 0 Å². The molecule has 0 spiro atoms. The van der Waals surface area contributed by atoms with Gasteiger partial charge in [0.1, 0.15) is 5.75 Å². The summed E-state index contributed by atoms with van der Waals surface area (Å²) in [5.41, 5.74) is 0.781. The number of nitrogens with zero attached hydrogens (tertiary/aromatic N) is 2. The van der Waals surface area contributed by atoms with Crippen molar-refractivity contribution in [2.24, 2.45) is 4.99 Å². The third kappa shape index (κ3) is 6.85. The summed E-state index contributed by atoms with van der Waals surface area (Å²) in [5, 5.41) is 6.37. The lowest BCUT2D eigenvalue weighted by Gasteiger charge is -2.16. The fraction of sp³-hybridized carbons (Fsp3) is 0.556. The van der Waals surface area contributed by atoms with Crippen molar-refractivity contribution in [2.75, 3.05) is 26.2 Å². The quantitative estimate of drug-likeness (QED) is 0.399. The van der Waals surface area contributed by atoms with Crippen molar-refractivity contribution < 1.29 is 18.3 Å². The van der Waals surface area contributed by atoms with Gasteiger partial charge in [-0.25, -0.2) is 4.99 Å². The second kappa shape index (κ2) is 10.6. The second-order valence-electron chi connectivity index (χ2n) is 5.99. The fourth-order valence-electron chi connectivity index (χ4n) is 2.75. The molecule has 6 nitrogen and oxygen atoms in total. The SMILES string of the molecule is CCNC(=NCc1cccc(OC(F)F)c1)NCCCN1CCCC1=O. The molecule has 144 valence electrons. The number of hydrogen-bond acceptors (Lipinski definition) is 3. The van der Waals surface area contributed by atoms with Crippen LogP contribution in [-0.4, -0.2) is 49.6 Å². The van der Waals surface area contributed by atoms with Crippen LogP contribution in [-0.2, 0) is 11.3 Å². The van der Waals surface area contributed by atoms with E-state index in [0.717, 1.165) is 31.5 Å². The Hall–Kier alpha value is -2.38. The Morgan fingerprint density at radius 3 is 2.92 bits per heavy atom. The molecule has 2 rings (SSSR count). The van der Waals surface area contributed by atoms with Gasteiger partial charge < -0.3 is 20.3 Å². The van der Waals surface area contributed by atoms with Crippen molar-refractivity contribution in [3.05, 3.63) is 29.8 Å². The van der Waals surface area contributed by atoms with Crippen LogP contribution in [0.5, 0.6) is 5.75 Å². The van der Waals surface area contributed by atoms with Crippen molar-refractivity contribution in [1.82, 2.24) is 15.5 Å². The van der Waals surface area contributed by atoms with Gasteiger partial charge in [0.2, 0.25) is 5.91 Å². The van der Waals surface area contributed by atoms with Crippen LogP contribution in [0.2, 0.25) is 0 Å². The molecule has 2 N–H and O–H groups in total. The number of carbonyl (C=O) groups excluding carboxylic acids is 1. The highest BCUT2D eigenvalue weighted by Gasteiger charge is 2.18. The molecule has 1 aliphatic heterocycles. The first-order valence-electron chi connectivity index (χ1n) is 8.92. The molecule has 1 amide bonds. The molecule has 1 aromatic carbocycles. The van der Waals surface area contributed by atoms with E-state index in [1.165, 1.54) is 6.07 Å². The Morgan fingerprint density at radius 2 is 2.23 bits per heavy atom. The minimum Gasteiger partial charge on any atom is -0.435 e. The number of rotatable bonds is 9. The van der Waals surface area contributed by atoms with Gasteiger partial charge in [-0.15, -0.1) is 0 Å². The average Bonchev–Trinajstić information content (AvgIpc) is 3.01. The molecule has 0 unspecified atom stereocenters. The third-order valence-electron chi connectivity index (χ3n) is 3.96. The van der Waals surface area contributed by atoms with Gasteiger partial charge in [-0.05, 0) is 37.5 Å². The van der Waals surface area contributed by atoms with E-state index in [0.29, 0.717) is 32.0 Å². The highest BCUT2D eigenvalue weighted by molar-refractivity contribution is 5.79. The number of guanidine groups is 1. The number of benzene rings is 1. The zero-order valence-corrected chi connectivity index (χ0v) is 15.0. The zero-order chi connectivity index (χ0) is 18.8. The number of carbonyl (C=O) groups is 1. The molecule has 0 aliphatic carbocycles. The Bertz CT molecular complexity index is 611. The van der Waals surface area contributed by atoms with E-state index < -0.39 is 6.61 Å². The highest BCUT2D eigenvalue weighted by Crippen LogP contribution is 2.16. The van der Waals surface area contributed by atoms with E-state index >= 15 is 0 Å². The number of aliphatic imine (C=N–C) groups is 1. The van der Waals surface area contributed by atoms with Gasteiger partial charge in [0.05, 0.1) is 6.54 Å². The van der Waals surface area contributed by atoms with E-state index in [4.69, 9.17) is 0 Å². The van der Waals surface area contributed by atoms with E-state index in [1.54, 1.807) is 12.1 Å². The van der Waals surface area contributed by atoms with Crippen molar-refractivity contribution in [3.63, 3.8) is 0 Å². The molecular weight excluding hydrogens is 342 g/mol. The normalized spacial score (nSPS) is 14.8. The molecule has 8 heteroatoms. The molecule has 1 aromatic rings. The number of likely N-dealkylation sites (tertiary alicyclic amines) is 1. The van der Waals surface area contributed by atoms with Crippen LogP contribution in [0.1, 0.15) is 31.7 Å². The number of ether oxygens (including phenoxy) is 1. The summed E-state index contributed by atoms with van der Waals surface area (Å²) in [6.45, 7) is 2.49. The van der Waals surface area contributed by atoms with E-state index in [1.807, 2.05) is 17.9 Å². The first-order chi connectivity index (χ1) is 12.6. The molecule has 1 heterocycles. The fourth-order valence-corrected chi connectivity index (χ4v) is 2.75. The molecule has 0 aromatic heterocycles. The van der Waals surface area contributed by atoms with E-state index in [2.05, 4.69) is 20.4 Å². The standard InChI is InChI=1S/C18H26F2N4O2/c1-2-21-18(22-9-5-11-24-10-4-8-16(24)25)23-13-14-6-3-7-15(12-14)26-17(19)20/h3,6-7,12,17H,2,4-5,8-11,13H2,1H3,(H2,21,22,23). The zero-order valence-electron chi connectivity index (χ0n) is 15.0. The Balaban J connectivity index is 1.81. The van der Waals surface area contributed by atoms with Gasteiger partial charge in [-0.2, -0.15) is 8.78 Å². The van der Waals surface area contributed by atoms with Gasteiger partial charge >= 0.3 is 6.61 Å². The first kappa shape index (κ1) is 19.9.